The Kier molecular flexibility index (Phi) is 6.98. The smallest absolute Gasteiger partial charge is 0.230 e. The lowest BCUT2D eigenvalue weighted by Gasteiger charge is -2.22. The predicted molar refractivity (Wildman–Crippen MR) is 114 cm³/mol. The van der Waals surface area contributed by atoms with Crippen molar-refractivity contribution in [1.82, 2.24) is 20.1 Å². The van der Waals surface area contributed by atoms with Crippen molar-refractivity contribution in [2.75, 3.05) is 5.75 Å². The molecule has 0 radical (unpaired) electrons. The first kappa shape index (κ1) is 20.4. The number of carbonyl (C=O) groups is 1. The van der Waals surface area contributed by atoms with Crippen molar-refractivity contribution in [3.05, 3.63) is 16.3 Å². The monoisotopic (exact) mass is 406 g/mol. The summed E-state index contributed by atoms with van der Waals surface area (Å²) in [5.41, 5.74) is 1.11. The molecule has 0 spiro atoms. The Balaban J connectivity index is 1.68. The molecule has 5 nitrogen and oxygen atoms in total. The summed E-state index contributed by atoms with van der Waals surface area (Å²) in [6, 6.07) is 2.80. The number of carbonyl (C=O) groups excluding carboxylic acids is 1. The van der Waals surface area contributed by atoms with E-state index in [-0.39, 0.29) is 11.9 Å². The third kappa shape index (κ3) is 5.13. The minimum absolute atomic E-state index is 0.101. The molecule has 1 amide bonds. The van der Waals surface area contributed by atoms with Gasteiger partial charge in [-0.2, -0.15) is 0 Å². The van der Waals surface area contributed by atoms with Crippen LogP contribution in [0.3, 0.4) is 0 Å². The molecule has 1 N–H and O–H groups in total. The maximum atomic E-state index is 12.3. The fraction of sp³-hybridized carbons (Fsp3) is 0.650. The topological polar surface area (TPSA) is 59.8 Å². The molecule has 2 aromatic rings. The molecular weight excluding hydrogens is 376 g/mol. The number of rotatable bonds is 7. The standard InChI is InChI=1S/C20H30N4OS2/c1-13(2)17-10-15(11-26-17)19-22-23-20(24(19)14(3)4)27-12-18(25)21-16-8-6-5-7-9-16/h10-11,13-14,16H,5-9,12H2,1-4H3,(H,21,25). The van der Waals surface area contributed by atoms with Gasteiger partial charge in [0.05, 0.1) is 5.75 Å². The van der Waals surface area contributed by atoms with E-state index >= 15 is 0 Å². The molecule has 0 saturated heterocycles. The van der Waals surface area contributed by atoms with Crippen LogP contribution in [0.5, 0.6) is 0 Å². The van der Waals surface area contributed by atoms with Crippen LogP contribution in [0.25, 0.3) is 11.4 Å². The van der Waals surface area contributed by atoms with Crippen molar-refractivity contribution >= 4 is 29.0 Å². The van der Waals surface area contributed by atoms with Gasteiger partial charge in [-0.25, -0.2) is 0 Å². The van der Waals surface area contributed by atoms with Gasteiger partial charge in [-0.15, -0.1) is 21.5 Å². The molecule has 0 aliphatic heterocycles. The van der Waals surface area contributed by atoms with Gasteiger partial charge in [0, 0.05) is 27.9 Å². The Morgan fingerprint density at radius 2 is 2.00 bits per heavy atom. The van der Waals surface area contributed by atoms with Gasteiger partial charge in [0.15, 0.2) is 11.0 Å². The largest absolute Gasteiger partial charge is 0.353 e. The zero-order chi connectivity index (χ0) is 19.4. The number of thioether (sulfide) groups is 1. The molecule has 7 heteroatoms. The average Bonchev–Trinajstić information content (AvgIpc) is 3.27. The molecule has 0 aromatic carbocycles. The third-order valence-electron chi connectivity index (χ3n) is 4.93. The van der Waals surface area contributed by atoms with Crippen molar-refractivity contribution in [1.29, 1.82) is 0 Å². The minimum Gasteiger partial charge on any atom is -0.353 e. The molecular formula is C20H30N4OS2. The Hall–Kier alpha value is -1.34. The van der Waals surface area contributed by atoms with Crippen molar-refractivity contribution in [3.8, 4) is 11.4 Å². The Labute approximate surface area is 170 Å². The maximum absolute atomic E-state index is 12.3. The van der Waals surface area contributed by atoms with E-state index in [4.69, 9.17) is 0 Å². The average molecular weight is 407 g/mol. The van der Waals surface area contributed by atoms with Gasteiger partial charge in [-0.05, 0) is 38.7 Å². The lowest BCUT2D eigenvalue weighted by atomic mass is 9.95. The molecule has 3 rings (SSSR count). The van der Waals surface area contributed by atoms with Gasteiger partial charge in [0.2, 0.25) is 5.91 Å². The third-order valence-corrected chi connectivity index (χ3v) is 7.11. The van der Waals surface area contributed by atoms with Gasteiger partial charge in [-0.1, -0.05) is 44.9 Å². The van der Waals surface area contributed by atoms with E-state index in [1.54, 1.807) is 11.3 Å². The second-order valence-corrected chi connectivity index (χ2v) is 9.74. The predicted octanol–water partition coefficient (Wildman–Crippen LogP) is 5.25. The van der Waals surface area contributed by atoms with Crippen LogP contribution in [0, 0.1) is 0 Å². The highest BCUT2D eigenvalue weighted by molar-refractivity contribution is 7.99. The molecule has 27 heavy (non-hydrogen) atoms. The molecule has 0 unspecified atom stereocenters. The number of hydrogen-bond donors (Lipinski definition) is 1. The van der Waals surface area contributed by atoms with Crippen LogP contribution in [-0.4, -0.2) is 32.5 Å². The second-order valence-electron chi connectivity index (χ2n) is 7.85. The van der Waals surface area contributed by atoms with Crippen LogP contribution in [-0.2, 0) is 4.79 Å². The van der Waals surface area contributed by atoms with Gasteiger partial charge in [0.1, 0.15) is 0 Å². The van der Waals surface area contributed by atoms with E-state index in [9.17, 15) is 4.79 Å². The first-order valence-corrected chi connectivity index (χ1v) is 11.8. The molecule has 0 bridgehead atoms. The molecule has 148 valence electrons. The Morgan fingerprint density at radius 3 is 2.63 bits per heavy atom. The van der Waals surface area contributed by atoms with Crippen LogP contribution in [0.4, 0.5) is 0 Å². The van der Waals surface area contributed by atoms with Gasteiger partial charge < -0.3 is 5.32 Å². The number of nitrogens with zero attached hydrogens (tertiary/aromatic N) is 3. The maximum Gasteiger partial charge on any atom is 0.230 e. The van der Waals surface area contributed by atoms with Gasteiger partial charge >= 0.3 is 0 Å². The number of nitrogens with one attached hydrogen (secondary N) is 1. The normalized spacial score (nSPS) is 15.6. The summed E-state index contributed by atoms with van der Waals surface area (Å²) in [5, 5.41) is 15.0. The van der Waals surface area contributed by atoms with Crippen LogP contribution in [0.1, 0.15) is 76.6 Å². The lowest BCUT2D eigenvalue weighted by molar-refractivity contribution is -0.119. The summed E-state index contributed by atoms with van der Waals surface area (Å²) in [6.45, 7) is 8.67. The zero-order valence-corrected chi connectivity index (χ0v) is 18.3. The Bertz CT molecular complexity index is 760. The number of thiophene rings is 1. The fourth-order valence-corrected chi connectivity index (χ4v) is 5.24. The summed E-state index contributed by atoms with van der Waals surface area (Å²) >= 11 is 3.25. The van der Waals surface area contributed by atoms with Crippen molar-refractivity contribution in [3.63, 3.8) is 0 Å². The number of hydrogen-bond acceptors (Lipinski definition) is 5. The minimum atomic E-state index is 0.101. The number of amides is 1. The highest BCUT2D eigenvalue weighted by Gasteiger charge is 2.20. The molecule has 1 aliphatic rings. The summed E-state index contributed by atoms with van der Waals surface area (Å²) in [7, 11) is 0. The van der Waals surface area contributed by atoms with Crippen LogP contribution in [0.15, 0.2) is 16.6 Å². The highest BCUT2D eigenvalue weighted by atomic mass is 32.2. The number of aromatic nitrogens is 3. The van der Waals surface area contributed by atoms with Crippen molar-refractivity contribution in [2.45, 2.75) is 83.0 Å². The first-order chi connectivity index (χ1) is 13.0. The van der Waals surface area contributed by atoms with Gasteiger partial charge in [-0.3, -0.25) is 9.36 Å². The molecule has 1 aliphatic carbocycles. The van der Waals surface area contributed by atoms with Crippen molar-refractivity contribution < 1.29 is 4.79 Å². The quantitative estimate of drug-likeness (QED) is 0.638. The summed E-state index contributed by atoms with van der Waals surface area (Å²) in [4.78, 5) is 13.7. The van der Waals surface area contributed by atoms with Crippen molar-refractivity contribution in [2.24, 2.45) is 0 Å². The summed E-state index contributed by atoms with van der Waals surface area (Å²) < 4.78 is 2.14. The van der Waals surface area contributed by atoms with Crippen LogP contribution >= 0.6 is 23.1 Å². The molecule has 0 atom stereocenters. The first-order valence-electron chi connectivity index (χ1n) is 9.91. The SMILES string of the molecule is CC(C)c1cc(-c2nnc(SCC(=O)NC3CCCCC3)n2C(C)C)cs1. The van der Waals surface area contributed by atoms with E-state index in [1.165, 1.54) is 35.9 Å². The van der Waals surface area contributed by atoms with Crippen LogP contribution in [0.2, 0.25) is 0 Å². The van der Waals surface area contributed by atoms with E-state index in [0.717, 1.165) is 29.4 Å². The van der Waals surface area contributed by atoms with E-state index in [2.05, 4.69) is 59.2 Å². The Morgan fingerprint density at radius 1 is 1.26 bits per heavy atom. The van der Waals surface area contributed by atoms with E-state index < -0.39 is 0 Å². The van der Waals surface area contributed by atoms with E-state index in [0.29, 0.717) is 17.7 Å². The molecule has 1 saturated carbocycles. The van der Waals surface area contributed by atoms with Gasteiger partial charge in [0.25, 0.3) is 0 Å². The molecule has 1 fully saturated rings. The second kappa shape index (κ2) is 9.24. The van der Waals surface area contributed by atoms with Crippen LogP contribution < -0.4 is 5.32 Å². The molecule has 2 aromatic heterocycles. The fourth-order valence-electron chi connectivity index (χ4n) is 3.46. The van der Waals surface area contributed by atoms with E-state index in [1.807, 2.05) is 0 Å². The zero-order valence-electron chi connectivity index (χ0n) is 16.7. The highest BCUT2D eigenvalue weighted by Crippen LogP contribution is 2.32. The lowest BCUT2D eigenvalue weighted by Crippen LogP contribution is -2.37. The summed E-state index contributed by atoms with van der Waals surface area (Å²) in [6.07, 6.45) is 5.96. The molecule has 2 heterocycles. The summed E-state index contributed by atoms with van der Waals surface area (Å²) in [5.74, 6) is 1.90.